The minimum atomic E-state index is -0.483. The predicted octanol–water partition coefficient (Wildman–Crippen LogP) is 2.07. The Morgan fingerprint density at radius 2 is 2.10 bits per heavy atom. The van der Waals surface area contributed by atoms with Gasteiger partial charge in [0.05, 0.1) is 6.61 Å². The summed E-state index contributed by atoms with van der Waals surface area (Å²) in [5, 5.41) is 0. The van der Waals surface area contributed by atoms with Crippen LogP contribution in [0.15, 0.2) is 34.9 Å². The molecule has 0 aliphatic heterocycles. The number of anilines is 2. The van der Waals surface area contributed by atoms with Gasteiger partial charge in [-0.1, -0.05) is 12.1 Å². The van der Waals surface area contributed by atoms with Crippen LogP contribution in [0.3, 0.4) is 0 Å². The molecule has 0 aliphatic carbocycles. The van der Waals surface area contributed by atoms with Gasteiger partial charge in [-0.05, 0) is 24.6 Å². The van der Waals surface area contributed by atoms with E-state index in [-0.39, 0.29) is 5.69 Å². The molecular formula is C14H17N3O3. The first-order valence-electron chi connectivity index (χ1n) is 6.28. The van der Waals surface area contributed by atoms with E-state index in [2.05, 4.69) is 4.98 Å². The summed E-state index contributed by atoms with van der Waals surface area (Å²) in [6.45, 7) is 2.65. The molecule has 0 aliphatic rings. The second kappa shape index (κ2) is 6.10. The van der Waals surface area contributed by atoms with Crippen LogP contribution in [0.25, 0.3) is 0 Å². The molecule has 6 nitrogen and oxygen atoms in total. The molecule has 1 aromatic heterocycles. The maximum atomic E-state index is 11.5. The fourth-order valence-electron chi connectivity index (χ4n) is 1.70. The largest absolute Gasteiger partial charge is 0.461 e. The molecule has 2 rings (SSSR count). The van der Waals surface area contributed by atoms with E-state index < -0.39 is 5.97 Å². The zero-order valence-electron chi connectivity index (χ0n) is 11.5. The summed E-state index contributed by atoms with van der Waals surface area (Å²) in [6.07, 6.45) is 1.30. The summed E-state index contributed by atoms with van der Waals surface area (Å²) in [5.41, 5.74) is 7.60. The number of carbonyl (C=O) groups is 1. The molecule has 0 unspecified atom stereocenters. The minimum absolute atomic E-state index is 0.172. The Morgan fingerprint density at radius 1 is 1.40 bits per heavy atom. The second-order valence-electron chi connectivity index (χ2n) is 4.33. The first-order chi connectivity index (χ1) is 9.60. The molecule has 1 aromatic carbocycles. The van der Waals surface area contributed by atoms with Crippen LogP contribution in [0, 0.1) is 0 Å². The van der Waals surface area contributed by atoms with Gasteiger partial charge in [-0.15, -0.1) is 0 Å². The van der Waals surface area contributed by atoms with Crippen molar-refractivity contribution in [1.29, 1.82) is 0 Å². The zero-order chi connectivity index (χ0) is 14.5. The first-order valence-corrected chi connectivity index (χ1v) is 6.28. The van der Waals surface area contributed by atoms with Crippen LogP contribution in [-0.2, 0) is 11.3 Å². The molecular weight excluding hydrogens is 258 g/mol. The molecule has 0 amide bonds. The molecule has 0 atom stereocenters. The number of esters is 1. The van der Waals surface area contributed by atoms with Crippen molar-refractivity contribution in [3.63, 3.8) is 0 Å². The van der Waals surface area contributed by atoms with Crippen LogP contribution in [-0.4, -0.2) is 24.6 Å². The molecule has 2 aromatic rings. The highest BCUT2D eigenvalue weighted by Gasteiger charge is 2.15. The van der Waals surface area contributed by atoms with Crippen molar-refractivity contribution in [3.8, 4) is 0 Å². The van der Waals surface area contributed by atoms with Crippen LogP contribution in [0.2, 0.25) is 0 Å². The fourth-order valence-corrected chi connectivity index (χ4v) is 1.70. The van der Waals surface area contributed by atoms with Gasteiger partial charge >= 0.3 is 5.97 Å². The number of oxazole rings is 1. The Hall–Kier alpha value is -2.50. The molecule has 0 bridgehead atoms. The van der Waals surface area contributed by atoms with E-state index >= 15 is 0 Å². The minimum Gasteiger partial charge on any atom is -0.461 e. The number of nitrogens with two attached hydrogens (primary N) is 1. The smallest absolute Gasteiger partial charge is 0.360 e. The monoisotopic (exact) mass is 275 g/mol. The van der Waals surface area contributed by atoms with E-state index in [0.717, 1.165) is 11.3 Å². The Bertz CT molecular complexity index is 578. The van der Waals surface area contributed by atoms with Gasteiger partial charge in [-0.3, -0.25) is 0 Å². The van der Waals surface area contributed by atoms with Crippen LogP contribution in [0.5, 0.6) is 0 Å². The normalized spacial score (nSPS) is 10.3. The SMILES string of the molecule is CCOC(=O)c1coc(N(C)Cc2ccc(N)cc2)n1. The first kappa shape index (κ1) is 13.9. The summed E-state index contributed by atoms with van der Waals surface area (Å²) >= 11 is 0. The number of aromatic nitrogens is 1. The zero-order valence-corrected chi connectivity index (χ0v) is 11.5. The fraction of sp³-hybridized carbons (Fsp3) is 0.286. The van der Waals surface area contributed by atoms with E-state index in [1.807, 2.05) is 31.3 Å². The number of carbonyl (C=O) groups excluding carboxylic acids is 1. The molecule has 2 N–H and O–H groups in total. The van der Waals surface area contributed by atoms with Crippen molar-refractivity contribution >= 4 is 17.7 Å². The van der Waals surface area contributed by atoms with Crippen LogP contribution in [0.4, 0.5) is 11.7 Å². The summed E-state index contributed by atoms with van der Waals surface area (Å²) in [6, 6.07) is 7.90. The highest BCUT2D eigenvalue weighted by molar-refractivity contribution is 5.87. The molecule has 0 saturated heterocycles. The molecule has 0 spiro atoms. The lowest BCUT2D eigenvalue weighted by Crippen LogP contribution is -2.17. The molecule has 20 heavy (non-hydrogen) atoms. The standard InChI is InChI=1S/C14H17N3O3/c1-3-19-13(18)12-9-20-14(16-12)17(2)8-10-4-6-11(15)7-5-10/h4-7,9H,3,8,15H2,1-2H3. The van der Waals surface area contributed by atoms with Crippen molar-refractivity contribution in [2.24, 2.45) is 0 Å². The van der Waals surface area contributed by atoms with Crippen LogP contribution in [0.1, 0.15) is 23.0 Å². The number of nitrogen functional groups attached to an aromatic ring is 1. The van der Waals surface area contributed by atoms with Crippen molar-refractivity contribution < 1.29 is 13.9 Å². The topological polar surface area (TPSA) is 81.6 Å². The lowest BCUT2D eigenvalue weighted by molar-refractivity contribution is 0.0519. The van der Waals surface area contributed by atoms with Gasteiger partial charge in [0.25, 0.3) is 6.01 Å². The van der Waals surface area contributed by atoms with Gasteiger partial charge in [-0.25, -0.2) is 4.79 Å². The number of nitrogens with zero attached hydrogens (tertiary/aromatic N) is 2. The van der Waals surface area contributed by atoms with Crippen molar-refractivity contribution in [1.82, 2.24) is 4.98 Å². The van der Waals surface area contributed by atoms with Gasteiger partial charge in [0, 0.05) is 19.3 Å². The summed E-state index contributed by atoms with van der Waals surface area (Å²) in [7, 11) is 1.83. The van der Waals surface area contributed by atoms with Crippen LogP contribution < -0.4 is 10.6 Å². The molecule has 0 saturated carbocycles. The Labute approximate surface area is 117 Å². The van der Waals surface area contributed by atoms with E-state index in [4.69, 9.17) is 14.9 Å². The Balaban J connectivity index is 2.04. The molecule has 6 heteroatoms. The van der Waals surface area contributed by atoms with Gasteiger partial charge in [0.2, 0.25) is 0 Å². The average molecular weight is 275 g/mol. The number of rotatable bonds is 5. The molecule has 0 fully saturated rings. The van der Waals surface area contributed by atoms with Gasteiger partial charge in [0.15, 0.2) is 5.69 Å². The quantitative estimate of drug-likeness (QED) is 0.664. The predicted molar refractivity (Wildman–Crippen MR) is 75.4 cm³/mol. The Morgan fingerprint density at radius 3 is 2.75 bits per heavy atom. The third-order valence-corrected chi connectivity index (χ3v) is 2.70. The molecule has 106 valence electrons. The Kier molecular flexibility index (Phi) is 4.24. The number of hydrogen-bond donors (Lipinski definition) is 1. The maximum absolute atomic E-state index is 11.5. The number of benzene rings is 1. The van der Waals surface area contributed by atoms with E-state index in [1.54, 1.807) is 11.8 Å². The number of ether oxygens (including phenoxy) is 1. The van der Waals surface area contributed by atoms with E-state index in [0.29, 0.717) is 19.2 Å². The molecule has 1 heterocycles. The maximum Gasteiger partial charge on any atom is 0.360 e. The second-order valence-corrected chi connectivity index (χ2v) is 4.33. The summed E-state index contributed by atoms with van der Waals surface area (Å²) in [5.74, 6) is -0.483. The highest BCUT2D eigenvalue weighted by atomic mass is 16.5. The lowest BCUT2D eigenvalue weighted by Gasteiger charge is -2.14. The van der Waals surface area contributed by atoms with E-state index in [9.17, 15) is 4.79 Å². The van der Waals surface area contributed by atoms with Gasteiger partial charge in [0.1, 0.15) is 6.26 Å². The third-order valence-electron chi connectivity index (χ3n) is 2.70. The van der Waals surface area contributed by atoms with E-state index in [1.165, 1.54) is 6.26 Å². The van der Waals surface area contributed by atoms with Crippen molar-refractivity contribution in [3.05, 3.63) is 41.8 Å². The van der Waals surface area contributed by atoms with Crippen LogP contribution >= 0.6 is 0 Å². The van der Waals surface area contributed by atoms with Gasteiger partial charge < -0.3 is 19.8 Å². The number of hydrogen-bond acceptors (Lipinski definition) is 6. The summed E-state index contributed by atoms with van der Waals surface area (Å²) in [4.78, 5) is 17.4. The van der Waals surface area contributed by atoms with Crippen molar-refractivity contribution in [2.75, 3.05) is 24.3 Å². The third kappa shape index (κ3) is 3.28. The highest BCUT2D eigenvalue weighted by Crippen LogP contribution is 2.16. The molecule has 0 radical (unpaired) electrons. The van der Waals surface area contributed by atoms with Crippen molar-refractivity contribution in [2.45, 2.75) is 13.5 Å². The lowest BCUT2D eigenvalue weighted by atomic mass is 10.2. The average Bonchev–Trinajstić information content (AvgIpc) is 2.91. The summed E-state index contributed by atoms with van der Waals surface area (Å²) < 4.78 is 10.1. The van der Waals surface area contributed by atoms with Gasteiger partial charge in [-0.2, -0.15) is 4.98 Å².